The summed E-state index contributed by atoms with van der Waals surface area (Å²) >= 11 is 0. The van der Waals surface area contributed by atoms with Crippen LogP contribution in [0.25, 0.3) is 10.9 Å². The number of fused-ring (bicyclic) bond motifs is 1. The Morgan fingerprint density at radius 2 is 1.47 bits per heavy atom. The quantitative estimate of drug-likeness (QED) is 0.424. The first-order chi connectivity index (χ1) is 14.5. The van der Waals surface area contributed by atoms with Gasteiger partial charge in [-0.2, -0.15) is 0 Å². The van der Waals surface area contributed by atoms with E-state index in [-0.39, 0.29) is 12.5 Å². The van der Waals surface area contributed by atoms with Gasteiger partial charge in [-0.1, -0.05) is 36.4 Å². The topological polar surface area (TPSA) is 62.6 Å². The molecular formula is C24H27N3O3. The smallest absolute Gasteiger partial charge is 0.295 e. The van der Waals surface area contributed by atoms with E-state index in [1.165, 1.54) is 4.90 Å². The average molecular weight is 405 g/mol. The van der Waals surface area contributed by atoms with Crippen LogP contribution in [0.15, 0.2) is 60.8 Å². The Morgan fingerprint density at radius 1 is 0.833 bits per heavy atom. The third-order valence-corrected chi connectivity index (χ3v) is 5.27. The van der Waals surface area contributed by atoms with Crippen molar-refractivity contribution in [3.8, 4) is 0 Å². The Morgan fingerprint density at radius 3 is 2.10 bits per heavy atom. The second kappa shape index (κ2) is 9.39. The Labute approximate surface area is 176 Å². The summed E-state index contributed by atoms with van der Waals surface area (Å²) in [6, 6.07) is 16.9. The molecule has 6 nitrogen and oxygen atoms in total. The molecule has 0 saturated carbocycles. The molecule has 0 fully saturated rings. The van der Waals surface area contributed by atoms with Crippen LogP contribution < -0.4 is 4.90 Å². The first-order valence-electron chi connectivity index (χ1n) is 10.3. The molecule has 0 aliphatic rings. The molecule has 1 aromatic heterocycles. The monoisotopic (exact) mass is 405 g/mol. The Balaban J connectivity index is 1.95. The predicted octanol–water partition coefficient (Wildman–Crippen LogP) is 3.75. The maximum absolute atomic E-state index is 13.0. The number of hydrogen-bond acceptors (Lipinski definition) is 3. The molecule has 0 atom stereocenters. The van der Waals surface area contributed by atoms with Crippen molar-refractivity contribution in [2.75, 3.05) is 24.5 Å². The van der Waals surface area contributed by atoms with E-state index < -0.39 is 11.7 Å². The van der Waals surface area contributed by atoms with Gasteiger partial charge in [-0.15, -0.1) is 0 Å². The summed E-state index contributed by atoms with van der Waals surface area (Å²) in [4.78, 5) is 41.8. The second-order valence-corrected chi connectivity index (χ2v) is 6.97. The summed E-state index contributed by atoms with van der Waals surface area (Å²) in [5, 5.41) is 0.679. The van der Waals surface area contributed by atoms with E-state index in [1.54, 1.807) is 15.7 Å². The number of carbonyl (C=O) groups excluding carboxylic acids is 3. The number of Topliss-reactive ketones (excluding diaryl/α,β-unsaturated/α-hetero) is 1. The standard InChI is InChI=1S/C24H27N3O3/c1-4-25(5-2)24(30)23(29)20-16-26(21-15-11-10-14-19(20)21)17-22(28)27(6-3)18-12-8-7-9-13-18/h7-16H,4-6,17H2,1-3H3. The van der Waals surface area contributed by atoms with Gasteiger partial charge in [-0.05, 0) is 39.0 Å². The van der Waals surface area contributed by atoms with E-state index in [4.69, 9.17) is 0 Å². The van der Waals surface area contributed by atoms with Crippen LogP contribution in [-0.4, -0.2) is 46.7 Å². The van der Waals surface area contributed by atoms with Gasteiger partial charge in [-0.3, -0.25) is 14.4 Å². The largest absolute Gasteiger partial charge is 0.337 e. The van der Waals surface area contributed by atoms with E-state index in [2.05, 4.69) is 0 Å². The van der Waals surface area contributed by atoms with Crippen LogP contribution in [-0.2, 0) is 16.1 Å². The lowest BCUT2D eigenvalue weighted by atomic mass is 10.1. The summed E-state index contributed by atoms with van der Waals surface area (Å²) in [6.45, 7) is 7.18. The lowest BCUT2D eigenvalue weighted by Crippen LogP contribution is -2.36. The Hall–Kier alpha value is -3.41. The number of amides is 2. The van der Waals surface area contributed by atoms with Gasteiger partial charge in [0.1, 0.15) is 6.54 Å². The fraction of sp³-hybridized carbons (Fsp3) is 0.292. The van der Waals surface area contributed by atoms with Crippen molar-refractivity contribution >= 4 is 34.2 Å². The van der Waals surface area contributed by atoms with Crippen LogP contribution in [0, 0.1) is 0 Å². The number of rotatable bonds is 8. The van der Waals surface area contributed by atoms with Crippen LogP contribution in [0.1, 0.15) is 31.1 Å². The van der Waals surface area contributed by atoms with Crippen molar-refractivity contribution in [3.63, 3.8) is 0 Å². The number of benzene rings is 2. The normalized spacial score (nSPS) is 10.8. The molecule has 156 valence electrons. The maximum atomic E-state index is 13.0. The SMILES string of the molecule is CCN(CC)C(=O)C(=O)c1cn(CC(=O)N(CC)c2ccccc2)c2ccccc12. The van der Waals surface area contributed by atoms with Crippen LogP contribution in [0.5, 0.6) is 0 Å². The Kier molecular flexibility index (Phi) is 6.67. The molecule has 0 radical (unpaired) electrons. The molecule has 1 heterocycles. The van der Waals surface area contributed by atoms with Crippen molar-refractivity contribution in [2.24, 2.45) is 0 Å². The highest BCUT2D eigenvalue weighted by Crippen LogP contribution is 2.23. The second-order valence-electron chi connectivity index (χ2n) is 6.97. The molecule has 3 rings (SSSR count). The molecule has 0 saturated heterocycles. The zero-order chi connectivity index (χ0) is 21.7. The van der Waals surface area contributed by atoms with Crippen LogP contribution in [0.4, 0.5) is 5.69 Å². The molecule has 0 unspecified atom stereocenters. The number of para-hydroxylation sites is 2. The third kappa shape index (κ3) is 4.13. The molecule has 0 aliphatic carbocycles. The number of ketones is 1. The zero-order valence-electron chi connectivity index (χ0n) is 17.7. The first kappa shape index (κ1) is 21.3. The molecule has 0 aliphatic heterocycles. The molecule has 3 aromatic rings. The molecule has 30 heavy (non-hydrogen) atoms. The van der Waals surface area contributed by atoms with Gasteiger partial charge < -0.3 is 14.4 Å². The van der Waals surface area contributed by atoms with Crippen LogP contribution in [0.3, 0.4) is 0 Å². The predicted molar refractivity (Wildman–Crippen MR) is 119 cm³/mol. The number of likely N-dealkylation sites (N-methyl/N-ethyl adjacent to an activating group) is 2. The van der Waals surface area contributed by atoms with Crippen molar-refractivity contribution in [1.29, 1.82) is 0 Å². The molecular weight excluding hydrogens is 378 g/mol. The van der Waals surface area contributed by atoms with Crippen LogP contribution >= 0.6 is 0 Å². The van der Waals surface area contributed by atoms with E-state index in [9.17, 15) is 14.4 Å². The van der Waals surface area contributed by atoms with Gasteiger partial charge >= 0.3 is 0 Å². The summed E-state index contributed by atoms with van der Waals surface area (Å²) in [6.07, 6.45) is 1.63. The minimum absolute atomic E-state index is 0.0794. The van der Waals surface area contributed by atoms with Gasteiger partial charge in [0.05, 0.1) is 5.56 Å². The molecule has 0 spiro atoms. The van der Waals surface area contributed by atoms with Gasteiger partial charge in [0.15, 0.2) is 0 Å². The number of aromatic nitrogens is 1. The summed E-state index contributed by atoms with van der Waals surface area (Å²) in [5.74, 6) is -1.15. The fourth-order valence-electron chi connectivity index (χ4n) is 3.67. The average Bonchev–Trinajstić information content (AvgIpc) is 3.13. The van der Waals surface area contributed by atoms with E-state index >= 15 is 0 Å². The molecule has 2 aromatic carbocycles. The molecule has 2 amide bonds. The van der Waals surface area contributed by atoms with E-state index in [1.807, 2.05) is 75.4 Å². The number of hydrogen-bond donors (Lipinski definition) is 0. The number of nitrogens with zero attached hydrogens (tertiary/aromatic N) is 3. The minimum atomic E-state index is -0.545. The van der Waals surface area contributed by atoms with E-state index in [0.29, 0.717) is 30.6 Å². The van der Waals surface area contributed by atoms with Gasteiger partial charge in [0, 0.05) is 42.4 Å². The lowest BCUT2D eigenvalue weighted by Gasteiger charge is -2.21. The molecule has 6 heteroatoms. The highest BCUT2D eigenvalue weighted by Gasteiger charge is 2.25. The van der Waals surface area contributed by atoms with Crippen molar-refractivity contribution in [3.05, 3.63) is 66.4 Å². The number of carbonyl (C=O) groups is 3. The van der Waals surface area contributed by atoms with Gasteiger partial charge in [-0.25, -0.2) is 0 Å². The lowest BCUT2D eigenvalue weighted by molar-refractivity contribution is -0.126. The third-order valence-electron chi connectivity index (χ3n) is 5.27. The van der Waals surface area contributed by atoms with Crippen LogP contribution in [0.2, 0.25) is 0 Å². The van der Waals surface area contributed by atoms with Crippen molar-refractivity contribution < 1.29 is 14.4 Å². The first-order valence-corrected chi connectivity index (χ1v) is 10.3. The minimum Gasteiger partial charge on any atom is -0.337 e. The molecule has 0 bridgehead atoms. The Bertz CT molecular complexity index is 1050. The summed E-state index contributed by atoms with van der Waals surface area (Å²) in [7, 11) is 0. The fourth-order valence-corrected chi connectivity index (χ4v) is 3.67. The number of anilines is 1. The maximum Gasteiger partial charge on any atom is 0.295 e. The van der Waals surface area contributed by atoms with Crippen molar-refractivity contribution in [2.45, 2.75) is 27.3 Å². The highest BCUT2D eigenvalue weighted by atomic mass is 16.2. The molecule has 0 N–H and O–H groups in total. The summed E-state index contributed by atoms with van der Waals surface area (Å²) in [5.41, 5.74) is 1.91. The van der Waals surface area contributed by atoms with Gasteiger partial charge in [0.2, 0.25) is 5.91 Å². The highest BCUT2D eigenvalue weighted by molar-refractivity contribution is 6.44. The summed E-state index contributed by atoms with van der Waals surface area (Å²) < 4.78 is 1.76. The van der Waals surface area contributed by atoms with E-state index in [0.717, 1.165) is 11.2 Å². The zero-order valence-corrected chi connectivity index (χ0v) is 17.7. The van der Waals surface area contributed by atoms with Gasteiger partial charge in [0.25, 0.3) is 11.7 Å². The van der Waals surface area contributed by atoms with Crippen molar-refractivity contribution in [1.82, 2.24) is 9.47 Å².